The van der Waals surface area contributed by atoms with Crippen LogP contribution in [0.4, 0.5) is 0 Å². The number of hydrogen-bond acceptors (Lipinski definition) is 4. The van der Waals surface area contributed by atoms with E-state index in [9.17, 15) is 8.42 Å². The van der Waals surface area contributed by atoms with Crippen LogP contribution in [0.3, 0.4) is 0 Å². The van der Waals surface area contributed by atoms with Gasteiger partial charge in [0.05, 0.1) is 11.4 Å². The minimum absolute atomic E-state index is 0.406. The Hall–Kier alpha value is -1.96. The molecule has 0 bridgehead atoms. The highest BCUT2D eigenvalue weighted by atomic mass is 32.2. The third-order valence-electron chi connectivity index (χ3n) is 5.46. The van der Waals surface area contributed by atoms with Crippen molar-refractivity contribution in [3.63, 3.8) is 0 Å². The first-order chi connectivity index (χ1) is 13.5. The van der Waals surface area contributed by atoms with E-state index >= 15 is 0 Å². The highest BCUT2D eigenvalue weighted by Gasteiger charge is 2.29. The zero-order chi connectivity index (χ0) is 19.7. The number of benzene rings is 1. The average Bonchev–Trinajstić information content (AvgIpc) is 3.17. The van der Waals surface area contributed by atoms with Crippen LogP contribution in [0.5, 0.6) is 0 Å². The van der Waals surface area contributed by atoms with Crippen LogP contribution in [0.25, 0.3) is 22.0 Å². The van der Waals surface area contributed by atoms with Gasteiger partial charge in [-0.3, -0.25) is 0 Å². The third-order valence-corrected chi connectivity index (χ3v) is 8.34. The Morgan fingerprint density at radius 2 is 1.71 bits per heavy atom. The predicted octanol–water partition coefficient (Wildman–Crippen LogP) is 4.69. The van der Waals surface area contributed by atoms with Gasteiger partial charge in [-0.25, -0.2) is 13.4 Å². The second kappa shape index (κ2) is 7.81. The molecule has 148 valence electrons. The van der Waals surface area contributed by atoms with Gasteiger partial charge in [0.15, 0.2) is 0 Å². The summed E-state index contributed by atoms with van der Waals surface area (Å²) < 4.78 is 30.2. The van der Waals surface area contributed by atoms with Gasteiger partial charge in [-0.1, -0.05) is 43.2 Å². The monoisotopic (exact) mass is 415 g/mol. The molecule has 3 aromatic rings. The maximum atomic E-state index is 13.3. The smallest absolute Gasteiger partial charge is 0.244 e. The molecule has 2 aromatic heterocycles. The van der Waals surface area contributed by atoms with Gasteiger partial charge in [0, 0.05) is 36.8 Å². The number of hydrogen-bond donors (Lipinski definition) is 0. The SMILES string of the molecule is Cc1c(S(=O)(=O)N2CCCCCC2)cc(-c2nc(-c3ccccc3)cs2)n1C. The van der Waals surface area contributed by atoms with Crippen LogP contribution in [0, 0.1) is 6.92 Å². The number of aromatic nitrogens is 2. The molecule has 0 amide bonds. The molecule has 7 heteroatoms. The number of thiazole rings is 1. The molecule has 28 heavy (non-hydrogen) atoms. The normalized spacial score (nSPS) is 16.2. The Bertz CT molecular complexity index is 1060. The van der Waals surface area contributed by atoms with Gasteiger partial charge in [-0.05, 0) is 25.8 Å². The first kappa shape index (κ1) is 19.4. The maximum Gasteiger partial charge on any atom is 0.244 e. The van der Waals surface area contributed by atoms with E-state index in [4.69, 9.17) is 4.98 Å². The molecule has 5 nitrogen and oxygen atoms in total. The molecule has 1 saturated heterocycles. The van der Waals surface area contributed by atoms with Crippen LogP contribution >= 0.6 is 11.3 Å². The molecule has 0 N–H and O–H groups in total. The van der Waals surface area contributed by atoms with E-state index in [1.54, 1.807) is 21.7 Å². The average molecular weight is 416 g/mol. The number of sulfonamides is 1. The van der Waals surface area contributed by atoms with E-state index in [1.807, 2.05) is 54.3 Å². The van der Waals surface area contributed by atoms with E-state index in [0.717, 1.165) is 53.3 Å². The summed E-state index contributed by atoms with van der Waals surface area (Å²) >= 11 is 1.54. The Morgan fingerprint density at radius 1 is 1.04 bits per heavy atom. The van der Waals surface area contributed by atoms with Crippen molar-refractivity contribution >= 4 is 21.4 Å². The van der Waals surface area contributed by atoms with Crippen molar-refractivity contribution in [2.24, 2.45) is 7.05 Å². The molecule has 1 aromatic carbocycles. The summed E-state index contributed by atoms with van der Waals surface area (Å²) in [6, 6.07) is 11.8. The molecule has 3 heterocycles. The van der Waals surface area contributed by atoms with Crippen molar-refractivity contribution in [2.75, 3.05) is 13.1 Å². The van der Waals surface area contributed by atoms with Gasteiger partial charge in [0.2, 0.25) is 10.0 Å². The molecule has 0 saturated carbocycles. The third kappa shape index (κ3) is 3.54. The van der Waals surface area contributed by atoms with E-state index < -0.39 is 10.0 Å². The fourth-order valence-electron chi connectivity index (χ4n) is 3.69. The quantitative estimate of drug-likeness (QED) is 0.621. The Kier molecular flexibility index (Phi) is 5.40. The number of nitrogens with zero attached hydrogens (tertiary/aromatic N) is 3. The summed E-state index contributed by atoms with van der Waals surface area (Å²) in [4.78, 5) is 5.17. The first-order valence-corrected chi connectivity index (χ1v) is 12.0. The molecule has 4 rings (SSSR count). The molecule has 0 aliphatic carbocycles. The lowest BCUT2D eigenvalue weighted by atomic mass is 10.2. The second-order valence-electron chi connectivity index (χ2n) is 7.26. The summed E-state index contributed by atoms with van der Waals surface area (Å²) in [6.07, 6.45) is 4.08. The highest BCUT2D eigenvalue weighted by Crippen LogP contribution is 2.34. The van der Waals surface area contributed by atoms with E-state index in [-0.39, 0.29) is 0 Å². The largest absolute Gasteiger partial charge is 0.345 e. The summed E-state index contributed by atoms with van der Waals surface area (Å²) in [7, 11) is -1.57. The standard InChI is InChI=1S/C21H25N3O2S2/c1-16-20(28(25,26)24-12-8-3-4-9-13-24)14-19(23(16)2)21-22-18(15-27-21)17-10-6-5-7-11-17/h5-7,10-11,14-15H,3-4,8-9,12-13H2,1-2H3. The van der Waals surface area contributed by atoms with Gasteiger partial charge in [-0.2, -0.15) is 4.31 Å². The van der Waals surface area contributed by atoms with Crippen LogP contribution in [0.2, 0.25) is 0 Å². The van der Waals surface area contributed by atoms with Gasteiger partial charge in [0.25, 0.3) is 0 Å². The van der Waals surface area contributed by atoms with Crippen LogP contribution in [-0.4, -0.2) is 35.4 Å². The van der Waals surface area contributed by atoms with Crippen molar-refractivity contribution in [1.29, 1.82) is 0 Å². The summed E-state index contributed by atoms with van der Waals surface area (Å²) in [6.45, 7) is 3.10. The van der Waals surface area contributed by atoms with Crippen molar-refractivity contribution in [2.45, 2.75) is 37.5 Å². The Morgan fingerprint density at radius 3 is 2.39 bits per heavy atom. The zero-order valence-corrected chi connectivity index (χ0v) is 17.9. The summed E-state index contributed by atoms with van der Waals surface area (Å²) in [5.74, 6) is 0. The predicted molar refractivity (Wildman–Crippen MR) is 114 cm³/mol. The molecule has 1 aliphatic rings. The fraction of sp³-hybridized carbons (Fsp3) is 0.381. The molecule has 0 unspecified atom stereocenters. The van der Waals surface area contributed by atoms with Crippen LogP contribution in [0.15, 0.2) is 46.7 Å². The minimum Gasteiger partial charge on any atom is -0.345 e. The van der Waals surface area contributed by atoms with E-state index in [0.29, 0.717) is 18.0 Å². The zero-order valence-electron chi connectivity index (χ0n) is 16.3. The van der Waals surface area contributed by atoms with Crippen molar-refractivity contribution in [3.05, 3.63) is 47.5 Å². The van der Waals surface area contributed by atoms with E-state index in [2.05, 4.69) is 0 Å². The molecular formula is C21H25N3O2S2. The number of rotatable bonds is 4. The summed E-state index contributed by atoms with van der Waals surface area (Å²) in [5.41, 5.74) is 3.58. The maximum absolute atomic E-state index is 13.3. The van der Waals surface area contributed by atoms with Crippen LogP contribution in [0.1, 0.15) is 31.4 Å². The van der Waals surface area contributed by atoms with Crippen molar-refractivity contribution in [1.82, 2.24) is 13.9 Å². The first-order valence-electron chi connectivity index (χ1n) is 9.66. The van der Waals surface area contributed by atoms with Crippen molar-refractivity contribution in [3.8, 4) is 22.0 Å². The lowest BCUT2D eigenvalue weighted by Crippen LogP contribution is -2.32. The molecule has 0 spiro atoms. The lowest BCUT2D eigenvalue weighted by molar-refractivity contribution is 0.423. The molecule has 1 fully saturated rings. The second-order valence-corrected chi connectivity index (χ2v) is 10.0. The topological polar surface area (TPSA) is 55.2 Å². The van der Waals surface area contributed by atoms with Gasteiger partial charge in [0.1, 0.15) is 9.90 Å². The minimum atomic E-state index is -3.48. The van der Waals surface area contributed by atoms with Crippen molar-refractivity contribution < 1.29 is 8.42 Å². The van der Waals surface area contributed by atoms with Gasteiger partial charge < -0.3 is 4.57 Å². The Balaban J connectivity index is 1.70. The van der Waals surface area contributed by atoms with Crippen LogP contribution < -0.4 is 0 Å². The summed E-state index contributed by atoms with van der Waals surface area (Å²) in [5, 5.41) is 2.86. The Labute approximate surface area is 170 Å². The molecule has 0 atom stereocenters. The van der Waals surface area contributed by atoms with Gasteiger partial charge in [-0.15, -0.1) is 11.3 Å². The van der Waals surface area contributed by atoms with Gasteiger partial charge >= 0.3 is 0 Å². The van der Waals surface area contributed by atoms with E-state index in [1.165, 1.54) is 0 Å². The lowest BCUT2D eigenvalue weighted by Gasteiger charge is -2.19. The molecule has 1 aliphatic heterocycles. The molecule has 0 radical (unpaired) electrons. The highest BCUT2D eigenvalue weighted by molar-refractivity contribution is 7.89. The molecular weight excluding hydrogens is 390 g/mol. The fourth-order valence-corrected chi connectivity index (χ4v) is 6.36. The van der Waals surface area contributed by atoms with Crippen LogP contribution in [-0.2, 0) is 17.1 Å².